The van der Waals surface area contributed by atoms with Gasteiger partial charge < -0.3 is 15.1 Å². The lowest BCUT2D eigenvalue weighted by molar-refractivity contribution is 0.271. The fourth-order valence-corrected chi connectivity index (χ4v) is 3.83. The second-order valence-electron chi connectivity index (χ2n) is 6.42. The Labute approximate surface area is 133 Å². The molecule has 4 nitrogen and oxygen atoms in total. The van der Waals surface area contributed by atoms with E-state index in [9.17, 15) is 0 Å². The number of anilines is 1. The number of piperazine rings is 1. The van der Waals surface area contributed by atoms with Crippen molar-refractivity contribution in [2.45, 2.75) is 53.1 Å². The van der Waals surface area contributed by atoms with Crippen molar-refractivity contribution in [3.8, 4) is 0 Å². The van der Waals surface area contributed by atoms with E-state index in [1.54, 1.807) is 0 Å². The summed E-state index contributed by atoms with van der Waals surface area (Å²) in [6.07, 6.45) is 0. The molecule has 1 fully saturated rings. The molecule has 0 unspecified atom stereocenters. The summed E-state index contributed by atoms with van der Waals surface area (Å²) < 4.78 is 0. The number of hydrogen-bond acceptors (Lipinski definition) is 5. The van der Waals surface area contributed by atoms with Crippen molar-refractivity contribution in [2.24, 2.45) is 0 Å². The molecule has 0 radical (unpaired) electrons. The molecule has 0 spiro atoms. The van der Waals surface area contributed by atoms with Crippen molar-refractivity contribution in [1.82, 2.24) is 15.2 Å². The Morgan fingerprint density at radius 1 is 1.14 bits per heavy atom. The van der Waals surface area contributed by atoms with Gasteiger partial charge in [0.05, 0.1) is 5.69 Å². The molecule has 1 saturated heterocycles. The Hall–Kier alpha value is -0.650. The first-order valence-corrected chi connectivity index (χ1v) is 9.03. The van der Waals surface area contributed by atoms with Gasteiger partial charge in [-0.15, -0.1) is 11.3 Å². The first-order valence-electron chi connectivity index (χ1n) is 8.21. The van der Waals surface area contributed by atoms with Crippen LogP contribution in [0.15, 0.2) is 0 Å². The summed E-state index contributed by atoms with van der Waals surface area (Å²) in [5, 5.41) is 4.75. The molecule has 1 aliphatic heterocycles. The monoisotopic (exact) mass is 310 g/mol. The highest BCUT2D eigenvalue weighted by molar-refractivity contribution is 7.15. The molecule has 1 N–H and O–H groups in total. The first-order chi connectivity index (χ1) is 10.0. The normalized spacial score (nSPS) is 17.2. The Morgan fingerprint density at radius 2 is 1.81 bits per heavy atom. The zero-order valence-corrected chi connectivity index (χ0v) is 15.0. The molecule has 5 heteroatoms. The first kappa shape index (κ1) is 16.7. The van der Waals surface area contributed by atoms with E-state index in [4.69, 9.17) is 4.98 Å². The van der Waals surface area contributed by atoms with E-state index in [2.05, 4.69) is 49.7 Å². The van der Waals surface area contributed by atoms with Gasteiger partial charge in [0.2, 0.25) is 0 Å². The fourth-order valence-electron chi connectivity index (χ4n) is 2.62. The van der Waals surface area contributed by atoms with E-state index in [-0.39, 0.29) is 0 Å². The average molecular weight is 311 g/mol. The van der Waals surface area contributed by atoms with Crippen molar-refractivity contribution in [3.05, 3.63) is 10.6 Å². The predicted molar refractivity (Wildman–Crippen MR) is 92.5 cm³/mol. The third-order valence-corrected chi connectivity index (χ3v) is 5.16. The summed E-state index contributed by atoms with van der Waals surface area (Å²) in [6.45, 7) is 17.8. The zero-order chi connectivity index (χ0) is 15.4. The minimum atomic E-state index is 0.496. The van der Waals surface area contributed by atoms with Gasteiger partial charge in [0, 0.05) is 43.6 Å². The van der Waals surface area contributed by atoms with E-state index in [1.165, 1.54) is 15.7 Å². The lowest BCUT2D eigenvalue weighted by Gasteiger charge is -2.33. The van der Waals surface area contributed by atoms with Crippen LogP contribution in [0.5, 0.6) is 0 Å². The van der Waals surface area contributed by atoms with Gasteiger partial charge in [0.1, 0.15) is 0 Å². The van der Waals surface area contributed by atoms with E-state index >= 15 is 0 Å². The molecule has 0 bridgehead atoms. The van der Waals surface area contributed by atoms with Crippen molar-refractivity contribution in [1.29, 1.82) is 0 Å². The Morgan fingerprint density at radius 3 is 2.33 bits per heavy atom. The maximum atomic E-state index is 4.95. The Bertz CT molecular complexity index is 433. The minimum Gasteiger partial charge on any atom is -0.346 e. The summed E-state index contributed by atoms with van der Waals surface area (Å²) in [6, 6.07) is 0.517. The number of likely N-dealkylation sites (N-methyl/N-ethyl adjacent to an activating group) is 1. The van der Waals surface area contributed by atoms with Crippen LogP contribution in [0.25, 0.3) is 0 Å². The molecular formula is C16H30N4S. The molecular weight excluding hydrogens is 280 g/mol. The summed E-state index contributed by atoms with van der Waals surface area (Å²) in [7, 11) is 0. The van der Waals surface area contributed by atoms with Crippen LogP contribution in [0.1, 0.15) is 51.1 Å². The quantitative estimate of drug-likeness (QED) is 0.875. The average Bonchev–Trinajstić information content (AvgIpc) is 2.89. The van der Waals surface area contributed by atoms with Gasteiger partial charge in [0.15, 0.2) is 5.13 Å². The Kier molecular flexibility index (Phi) is 6.02. The van der Waals surface area contributed by atoms with Crippen molar-refractivity contribution in [3.63, 3.8) is 0 Å². The van der Waals surface area contributed by atoms with Crippen molar-refractivity contribution >= 4 is 16.5 Å². The van der Waals surface area contributed by atoms with E-state index < -0.39 is 0 Å². The fraction of sp³-hybridized carbons (Fsp3) is 0.812. The summed E-state index contributed by atoms with van der Waals surface area (Å²) in [4.78, 5) is 11.3. The number of aromatic nitrogens is 1. The number of nitrogens with one attached hydrogen (secondary N) is 1. The molecule has 0 aliphatic carbocycles. The molecule has 21 heavy (non-hydrogen) atoms. The van der Waals surface area contributed by atoms with Gasteiger partial charge >= 0.3 is 0 Å². The molecule has 0 aromatic carbocycles. The predicted octanol–water partition coefficient (Wildman–Crippen LogP) is 2.91. The minimum absolute atomic E-state index is 0.496. The summed E-state index contributed by atoms with van der Waals surface area (Å²) in [5.74, 6) is 0.496. The van der Waals surface area contributed by atoms with Gasteiger partial charge in [-0.3, -0.25) is 0 Å². The Balaban J connectivity index is 2.08. The van der Waals surface area contributed by atoms with Crippen LogP contribution in [-0.2, 0) is 6.54 Å². The molecule has 1 aromatic rings. The van der Waals surface area contributed by atoms with Crippen LogP contribution in [0.3, 0.4) is 0 Å². The van der Waals surface area contributed by atoms with Crippen LogP contribution in [-0.4, -0.2) is 48.6 Å². The van der Waals surface area contributed by atoms with Crippen LogP contribution in [0.4, 0.5) is 5.13 Å². The van der Waals surface area contributed by atoms with E-state index in [0.717, 1.165) is 39.3 Å². The van der Waals surface area contributed by atoms with E-state index in [0.29, 0.717) is 12.0 Å². The van der Waals surface area contributed by atoms with Gasteiger partial charge in [-0.2, -0.15) is 0 Å². The van der Waals surface area contributed by atoms with Crippen LogP contribution < -0.4 is 10.2 Å². The highest BCUT2D eigenvalue weighted by Crippen LogP contribution is 2.31. The lowest BCUT2D eigenvalue weighted by Crippen LogP contribution is -2.46. The molecule has 2 rings (SSSR count). The number of thiazole rings is 1. The highest BCUT2D eigenvalue weighted by atomic mass is 32.1. The highest BCUT2D eigenvalue weighted by Gasteiger charge is 2.21. The molecule has 2 heterocycles. The second kappa shape index (κ2) is 7.56. The number of nitrogens with zero attached hydrogens (tertiary/aromatic N) is 3. The van der Waals surface area contributed by atoms with Gasteiger partial charge in [-0.25, -0.2) is 4.98 Å². The van der Waals surface area contributed by atoms with Gasteiger partial charge in [0.25, 0.3) is 0 Å². The number of hydrogen-bond donors (Lipinski definition) is 1. The van der Waals surface area contributed by atoms with E-state index in [1.807, 2.05) is 11.3 Å². The smallest absolute Gasteiger partial charge is 0.185 e. The summed E-state index contributed by atoms with van der Waals surface area (Å²) in [5.41, 5.74) is 1.28. The molecule has 120 valence electrons. The molecule has 0 amide bonds. The molecule has 0 atom stereocenters. The molecule has 0 saturated carbocycles. The molecule has 1 aliphatic rings. The largest absolute Gasteiger partial charge is 0.346 e. The maximum Gasteiger partial charge on any atom is 0.185 e. The van der Waals surface area contributed by atoms with Crippen molar-refractivity contribution < 1.29 is 0 Å². The van der Waals surface area contributed by atoms with Gasteiger partial charge in [-0.1, -0.05) is 34.6 Å². The standard InChI is InChI=1S/C16H30N4S/c1-6-19-7-9-20(10-8-19)16-18-15(12(2)3)14(21-16)11-17-13(4)5/h12-13,17H,6-11H2,1-5H3. The lowest BCUT2D eigenvalue weighted by atomic mass is 10.1. The van der Waals surface area contributed by atoms with Crippen LogP contribution >= 0.6 is 11.3 Å². The zero-order valence-electron chi connectivity index (χ0n) is 14.1. The third-order valence-electron chi connectivity index (χ3n) is 4.02. The maximum absolute atomic E-state index is 4.95. The number of rotatable bonds is 6. The SMILES string of the molecule is CCN1CCN(c2nc(C(C)C)c(CNC(C)C)s2)CC1. The second-order valence-corrected chi connectivity index (χ2v) is 7.48. The van der Waals surface area contributed by atoms with Crippen LogP contribution in [0, 0.1) is 0 Å². The molecule has 1 aromatic heterocycles. The van der Waals surface area contributed by atoms with Crippen LogP contribution in [0.2, 0.25) is 0 Å². The summed E-state index contributed by atoms with van der Waals surface area (Å²) >= 11 is 1.88. The third kappa shape index (κ3) is 4.41. The van der Waals surface area contributed by atoms with Crippen molar-refractivity contribution in [2.75, 3.05) is 37.6 Å². The topological polar surface area (TPSA) is 31.4 Å². The van der Waals surface area contributed by atoms with Gasteiger partial charge in [-0.05, 0) is 12.5 Å².